The maximum absolute atomic E-state index is 12.0. The summed E-state index contributed by atoms with van der Waals surface area (Å²) in [6.07, 6.45) is 0. The lowest BCUT2D eigenvalue weighted by molar-refractivity contribution is -0.384. The number of anilines is 2. The fraction of sp³-hybridized carbons (Fsp3) is 0.118. The van der Waals surface area contributed by atoms with E-state index in [4.69, 9.17) is 16.3 Å². The first-order chi connectivity index (χ1) is 12.8. The third-order valence-electron chi connectivity index (χ3n) is 3.27. The van der Waals surface area contributed by atoms with E-state index < -0.39 is 22.7 Å². The van der Waals surface area contributed by atoms with Crippen molar-refractivity contribution >= 4 is 46.4 Å². The number of nitro groups is 1. The van der Waals surface area contributed by atoms with Crippen molar-refractivity contribution in [2.45, 2.75) is 6.92 Å². The van der Waals surface area contributed by atoms with Crippen LogP contribution in [0, 0.1) is 10.1 Å². The first kappa shape index (κ1) is 19.9. The Labute approximate surface area is 158 Å². The summed E-state index contributed by atoms with van der Waals surface area (Å²) in [6, 6.07) is 9.17. The first-order valence-corrected chi connectivity index (χ1v) is 8.03. The number of esters is 1. The molecule has 0 aliphatic heterocycles. The third kappa shape index (κ3) is 5.25. The molecule has 10 heteroatoms. The van der Waals surface area contributed by atoms with E-state index in [-0.39, 0.29) is 28.7 Å². The van der Waals surface area contributed by atoms with Crippen molar-refractivity contribution in [2.24, 2.45) is 0 Å². The molecule has 0 spiro atoms. The molecule has 0 radical (unpaired) electrons. The standard InChI is InChI=1S/C17H14ClN3O6/c1-2-27-17(24)10-3-5-11(6-4-10)19-15(22)16(23)20-14-9-12(21(25)26)7-8-13(14)18/h3-9H,2H2,1H3,(H,19,22)(H,20,23). The van der Waals surface area contributed by atoms with Crippen molar-refractivity contribution in [3.8, 4) is 0 Å². The van der Waals surface area contributed by atoms with Gasteiger partial charge in [-0.1, -0.05) is 11.6 Å². The molecule has 0 aliphatic carbocycles. The Morgan fingerprint density at radius 3 is 2.30 bits per heavy atom. The van der Waals surface area contributed by atoms with Crippen LogP contribution in [0.25, 0.3) is 0 Å². The number of nitrogens with one attached hydrogen (secondary N) is 2. The number of hydrogen-bond acceptors (Lipinski definition) is 6. The number of halogens is 1. The Balaban J connectivity index is 2.04. The van der Waals surface area contributed by atoms with Crippen LogP contribution in [0.3, 0.4) is 0 Å². The fourth-order valence-corrected chi connectivity index (χ4v) is 2.16. The van der Waals surface area contributed by atoms with E-state index in [1.807, 2.05) is 0 Å². The Morgan fingerprint density at radius 2 is 1.70 bits per heavy atom. The van der Waals surface area contributed by atoms with Gasteiger partial charge in [0.05, 0.1) is 27.8 Å². The van der Waals surface area contributed by atoms with E-state index in [0.717, 1.165) is 6.07 Å². The highest BCUT2D eigenvalue weighted by Crippen LogP contribution is 2.26. The normalized spacial score (nSPS) is 10.0. The van der Waals surface area contributed by atoms with Gasteiger partial charge in [0.1, 0.15) is 0 Å². The molecule has 0 atom stereocenters. The molecular weight excluding hydrogens is 378 g/mol. The molecule has 0 bridgehead atoms. The van der Waals surface area contributed by atoms with Gasteiger partial charge in [-0.25, -0.2) is 4.79 Å². The molecule has 0 unspecified atom stereocenters. The molecular formula is C17H14ClN3O6. The van der Waals surface area contributed by atoms with Crippen molar-refractivity contribution < 1.29 is 24.0 Å². The zero-order valence-corrected chi connectivity index (χ0v) is 14.8. The van der Waals surface area contributed by atoms with E-state index in [9.17, 15) is 24.5 Å². The quantitative estimate of drug-likeness (QED) is 0.349. The predicted molar refractivity (Wildman–Crippen MR) is 97.8 cm³/mol. The average Bonchev–Trinajstić information content (AvgIpc) is 2.64. The largest absolute Gasteiger partial charge is 0.462 e. The monoisotopic (exact) mass is 391 g/mol. The molecule has 2 amide bonds. The number of carbonyl (C=O) groups is 3. The molecule has 0 aliphatic rings. The molecule has 140 valence electrons. The summed E-state index contributed by atoms with van der Waals surface area (Å²) in [5.74, 6) is -2.58. The van der Waals surface area contributed by atoms with Crippen LogP contribution in [-0.4, -0.2) is 29.3 Å². The maximum atomic E-state index is 12.0. The van der Waals surface area contributed by atoms with Gasteiger partial charge in [0.15, 0.2) is 0 Å². The van der Waals surface area contributed by atoms with Crippen molar-refractivity contribution in [3.63, 3.8) is 0 Å². The Hall–Kier alpha value is -3.46. The SMILES string of the molecule is CCOC(=O)c1ccc(NC(=O)C(=O)Nc2cc([N+](=O)[O-])ccc2Cl)cc1. The van der Waals surface area contributed by atoms with Gasteiger partial charge in [-0.3, -0.25) is 19.7 Å². The van der Waals surface area contributed by atoms with Crippen LogP contribution in [0.5, 0.6) is 0 Å². The van der Waals surface area contributed by atoms with Crippen molar-refractivity contribution in [1.29, 1.82) is 0 Å². The number of ether oxygens (including phenoxy) is 1. The Morgan fingerprint density at radius 1 is 1.07 bits per heavy atom. The van der Waals surface area contributed by atoms with Crippen LogP contribution in [-0.2, 0) is 14.3 Å². The number of hydrogen-bond donors (Lipinski definition) is 2. The van der Waals surface area contributed by atoms with Crippen molar-refractivity contribution in [2.75, 3.05) is 17.2 Å². The van der Waals surface area contributed by atoms with Crippen LogP contribution >= 0.6 is 11.6 Å². The molecule has 2 aromatic rings. The molecule has 0 fully saturated rings. The number of non-ortho nitro benzene ring substituents is 1. The molecule has 2 aromatic carbocycles. The summed E-state index contributed by atoms with van der Waals surface area (Å²) >= 11 is 5.87. The van der Waals surface area contributed by atoms with Crippen LogP contribution in [0.4, 0.5) is 17.1 Å². The van der Waals surface area contributed by atoms with Gasteiger partial charge in [-0.15, -0.1) is 0 Å². The van der Waals surface area contributed by atoms with E-state index in [0.29, 0.717) is 5.56 Å². The summed E-state index contributed by atoms with van der Waals surface area (Å²) in [6.45, 7) is 1.91. The second-order valence-electron chi connectivity index (χ2n) is 5.13. The molecule has 0 saturated carbocycles. The van der Waals surface area contributed by atoms with E-state index in [1.165, 1.54) is 36.4 Å². The maximum Gasteiger partial charge on any atom is 0.338 e. The molecule has 0 aromatic heterocycles. The molecule has 9 nitrogen and oxygen atoms in total. The highest BCUT2D eigenvalue weighted by Gasteiger charge is 2.18. The lowest BCUT2D eigenvalue weighted by Gasteiger charge is -2.08. The summed E-state index contributed by atoms with van der Waals surface area (Å²) in [5.41, 5.74) is 0.212. The average molecular weight is 392 g/mol. The molecule has 27 heavy (non-hydrogen) atoms. The van der Waals surface area contributed by atoms with E-state index in [2.05, 4.69) is 10.6 Å². The summed E-state index contributed by atoms with van der Waals surface area (Å²) < 4.78 is 4.84. The first-order valence-electron chi connectivity index (χ1n) is 7.65. The highest BCUT2D eigenvalue weighted by molar-refractivity contribution is 6.44. The Kier molecular flexibility index (Phi) is 6.45. The molecule has 2 N–H and O–H groups in total. The number of nitrogens with zero attached hydrogens (tertiary/aromatic N) is 1. The minimum absolute atomic E-state index is 0.0422. The van der Waals surface area contributed by atoms with E-state index in [1.54, 1.807) is 6.92 Å². The zero-order chi connectivity index (χ0) is 20.0. The minimum Gasteiger partial charge on any atom is -0.462 e. The number of carbonyl (C=O) groups excluding carboxylic acids is 3. The molecule has 2 rings (SSSR count). The lowest BCUT2D eigenvalue weighted by Crippen LogP contribution is -2.29. The van der Waals surface area contributed by atoms with Gasteiger partial charge in [0, 0.05) is 17.8 Å². The van der Waals surface area contributed by atoms with E-state index >= 15 is 0 Å². The van der Waals surface area contributed by atoms with Gasteiger partial charge < -0.3 is 15.4 Å². The summed E-state index contributed by atoms with van der Waals surface area (Å²) in [5, 5.41) is 15.4. The van der Waals surface area contributed by atoms with Crippen molar-refractivity contribution in [1.82, 2.24) is 0 Å². The predicted octanol–water partition coefficient (Wildman–Crippen LogP) is 3.00. The van der Waals surface area contributed by atoms with Crippen molar-refractivity contribution in [3.05, 3.63) is 63.2 Å². The number of amides is 2. The smallest absolute Gasteiger partial charge is 0.338 e. The third-order valence-corrected chi connectivity index (χ3v) is 3.60. The van der Waals surface area contributed by atoms with Crippen LogP contribution in [0.15, 0.2) is 42.5 Å². The van der Waals surface area contributed by atoms with Crippen LogP contribution < -0.4 is 10.6 Å². The summed E-state index contributed by atoms with van der Waals surface area (Å²) in [7, 11) is 0. The van der Waals surface area contributed by atoms with Crippen LogP contribution in [0.2, 0.25) is 5.02 Å². The minimum atomic E-state index is -1.06. The number of rotatable bonds is 5. The topological polar surface area (TPSA) is 128 Å². The van der Waals surface area contributed by atoms with Gasteiger partial charge in [0.2, 0.25) is 0 Å². The molecule has 0 heterocycles. The summed E-state index contributed by atoms with van der Waals surface area (Å²) in [4.78, 5) is 45.6. The number of nitro benzene ring substituents is 1. The highest BCUT2D eigenvalue weighted by atomic mass is 35.5. The van der Waals surface area contributed by atoms with Gasteiger partial charge in [-0.2, -0.15) is 0 Å². The second kappa shape index (κ2) is 8.77. The number of benzene rings is 2. The van der Waals surface area contributed by atoms with Gasteiger partial charge in [-0.05, 0) is 37.3 Å². The second-order valence-corrected chi connectivity index (χ2v) is 5.53. The van der Waals surface area contributed by atoms with Gasteiger partial charge >= 0.3 is 17.8 Å². The van der Waals surface area contributed by atoms with Crippen LogP contribution in [0.1, 0.15) is 17.3 Å². The Bertz CT molecular complexity index is 898. The fourth-order valence-electron chi connectivity index (χ4n) is 1.99. The zero-order valence-electron chi connectivity index (χ0n) is 14.0. The van der Waals surface area contributed by atoms with Gasteiger partial charge in [0.25, 0.3) is 5.69 Å². The molecule has 0 saturated heterocycles. The lowest BCUT2D eigenvalue weighted by atomic mass is 10.2.